The van der Waals surface area contributed by atoms with Gasteiger partial charge < -0.3 is 10.4 Å². The van der Waals surface area contributed by atoms with Gasteiger partial charge in [-0.2, -0.15) is 0 Å². The van der Waals surface area contributed by atoms with Crippen molar-refractivity contribution >= 4 is 0 Å². The Labute approximate surface area is 73.8 Å². The maximum absolute atomic E-state index is 9.49. The van der Waals surface area contributed by atoms with Crippen LogP contribution in [0.5, 0.6) is 0 Å². The van der Waals surface area contributed by atoms with Crippen LogP contribution in [0.25, 0.3) is 0 Å². The van der Waals surface area contributed by atoms with Gasteiger partial charge in [0.15, 0.2) is 0 Å². The van der Waals surface area contributed by atoms with E-state index in [9.17, 15) is 5.11 Å². The monoisotopic (exact) mass is 170 g/mol. The Morgan fingerprint density at radius 1 is 1.17 bits per heavy atom. The first-order chi connectivity index (χ1) is 5.88. The average Bonchev–Trinajstić information content (AvgIpc) is 2.30. The Balaban J connectivity index is 1.84. The van der Waals surface area contributed by atoms with E-state index in [1.54, 1.807) is 0 Å². The van der Waals surface area contributed by atoms with Crippen molar-refractivity contribution in [1.29, 1.82) is 0 Å². The standard InChI is InChI=1S/C9H18N2O/c12-9-3-2-8(9)11-6-1-4-10-5-7-11/h8-10,12H,1-7H2/t8-,9-/m0/s1. The second kappa shape index (κ2) is 3.73. The van der Waals surface area contributed by atoms with Crippen molar-refractivity contribution in [3.8, 4) is 0 Å². The van der Waals surface area contributed by atoms with E-state index < -0.39 is 0 Å². The fraction of sp³-hybridized carbons (Fsp3) is 1.00. The van der Waals surface area contributed by atoms with Crippen molar-refractivity contribution in [3.63, 3.8) is 0 Å². The van der Waals surface area contributed by atoms with E-state index in [1.165, 1.54) is 12.8 Å². The molecule has 1 aliphatic carbocycles. The minimum atomic E-state index is -0.0388. The SMILES string of the molecule is O[C@H]1CC[C@@H]1N1CCCNCC1. The van der Waals surface area contributed by atoms with Crippen molar-refractivity contribution in [2.24, 2.45) is 0 Å². The number of nitrogens with zero attached hydrogens (tertiary/aromatic N) is 1. The number of rotatable bonds is 1. The fourth-order valence-corrected chi connectivity index (χ4v) is 2.09. The number of hydrogen-bond donors (Lipinski definition) is 2. The molecule has 0 aromatic rings. The molecule has 0 bridgehead atoms. The van der Waals surface area contributed by atoms with Crippen molar-refractivity contribution in [3.05, 3.63) is 0 Å². The van der Waals surface area contributed by atoms with Gasteiger partial charge in [0.2, 0.25) is 0 Å². The largest absolute Gasteiger partial charge is 0.391 e. The van der Waals surface area contributed by atoms with E-state index in [-0.39, 0.29) is 6.10 Å². The molecular formula is C9H18N2O. The van der Waals surface area contributed by atoms with Crippen LogP contribution in [-0.2, 0) is 0 Å². The summed E-state index contributed by atoms with van der Waals surface area (Å²) in [5, 5.41) is 12.9. The maximum Gasteiger partial charge on any atom is 0.0696 e. The summed E-state index contributed by atoms with van der Waals surface area (Å²) in [5.74, 6) is 0. The molecule has 0 aromatic heterocycles. The minimum Gasteiger partial charge on any atom is -0.391 e. The van der Waals surface area contributed by atoms with Crippen LogP contribution in [0.15, 0.2) is 0 Å². The zero-order chi connectivity index (χ0) is 8.39. The van der Waals surface area contributed by atoms with Crippen LogP contribution in [-0.4, -0.2) is 48.3 Å². The van der Waals surface area contributed by atoms with Crippen LogP contribution in [0.2, 0.25) is 0 Å². The summed E-state index contributed by atoms with van der Waals surface area (Å²) in [5.41, 5.74) is 0. The Morgan fingerprint density at radius 2 is 2.08 bits per heavy atom. The molecule has 0 spiro atoms. The van der Waals surface area contributed by atoms with Gasteiger partial charge in [-0.1, -0.05) is 0 Å². The average molecular weight is 170 g/mol. The molecule has 1 saturated carbocycles. The van der Waals surface area contributed by atoms with Crippen molar-refractivity contribution in [2.75, 3.05) is 26.2 Å². The highest BCUT2D eigenvalue weighted by molar-refractivity contribution is 4.89. The molecule has 2 atom stereocenters. The molecule has 0 aromatic carbocycles. The van der Waals surface area contributed by atoms with E-state index >= 15 is 0 Å². The van der Waals surface area contributed by atoms with Gasteiger partial charge in [-0.05, 0) is 32.4 Å². The lowest BCUT2D eigenvalue weighted by atomic mass is 9.87. The molecule has 1 aliphatic heterocycles. The normalized spacial score (nSPS) is 38.8. The molecular weight excluding hydrogens is 152 g/mol. The summed E-state index contributed by atoms with van der Waals surface area (Å²) >= 11 is 0. The van der Waals surface area contributed by atoms with Crippen molar-refractivity contribution < 1.29 is 5.11 Å². The molecule has 1 heterocycles. The molecule has 70 valence electrons. The number of aliphatic hydroxyl groups is 1. The smallest absolute Gasteiger partial charge is 0.0696 e. The second-order valence-electron chi connectivity index (χ2n) is 3.85. The quantitative estimate of drug-likeness (QED) is 0.572. The Bertz CT molecular complexity index is 143. The highest BCUT2D eigenvalue weighted by Gasteiger charge is 2.33. The van der Waals surface area contributed by atoms with Gasteiger partial charge in [0.05, 0.1) is 6.10 Å². The molecule has 0 unspecified atom stereocenters. The lowest BCUT2D eigenvalue weighted by Crippen LogP contribution is -2.51. The number of nitrogens with one attached hydrogen (secondary N) is 1. The van der Waals surface area contributed by atoms with Gasteiger partial charge in [-0.3, -0.25) is 4.90 Å². The molecule has 2 fully saturated rings. The summed E-state index contributed by atoms with van der Waals surface area (Å²) < 4.78 is 0. The van der Waals surface area contributed by atoms with Crippen LogP contribution in [0, 0.1) is 0 Å². The van der Waals surface area contributed by atoms with E-state index in [0.717, 1.165) is 32.6 Å². The predicted octanol–water partition coefficient (Wildman–Crippen LogP) is -0.195. The third kappa shape index (κ3) is 1.63. The minimum absolute atomic E-state index is 0.0388. The summed E-state index contributed by atoms with van der Waals surface area (Å²) in [6.07, 6.45) is 3.39. The third-order valence-corrected chi connectivity index (χ3v) is 3.05. The predicted molar refractivity (Wildman–Crippen MR) is 48.1 cm³/mol. The maximum atomic E-state index is 9.49. The Morgan fingerprint density at radius 3 is 2.75 bits per heavy atom. The number of hydrogen-bond acceptors (Lipinski definition) is 3. The van der Waals surface area contributed by atoms with E-state index in [0.29, 0.717) is 6.04 Å². The highest BCUT2D eigenvalue weighted by Crippen LogP contribution is 2.25. The summed E-state index contributed by atoms with van der Waals surface area (Å²) in [7, 11) is 0. The third-order valence-electron chi connectivity index (χ3n) is 3.05. The Hall–Kier alpha value is -0.120. The van der Waals surface area contributed by atoms with E-state index in [1.807, 2.05) is 0 Å². The molecule has 0 amide bonds. The van der Waals surface area contributed by atoms with E-state index in [2.05, 4.69) is 10.2 Å². The fourth-order valence-electron chi connectivity index (χ4n) is 2.09. The van der Waals surface area contributed by atoms with Crippen molar-refractivity contribution in [2.45, 2.75) is 31.4 Å². The lowest BCUT2D eigenvalue weighted by molar-refractivity contribution is -0.0183. The summed E-state index contributed by atoms with van der Waals surface area (Å²) in [6, 6.07) is 0.477. The summed E-state index contributed by atoms with van der Waals surface area (Å²) in [4.78, 5) is 2.44. The Kier molecular flexibility index (Phi) is 2.63. The molecule has 0 radical (unpaired) electrons. The first-order valence-electron chi connectivity index (χ1n) is 5.01. The molecule has 2 aliphatic rings. The van der Waals surface area contributed by atoms with Gasteiger partial charge in [0.25, 0.3) is 0 Å². The van der Waals surface area contributed by atoms with Crippen LogP contribution in [0.4, 0.5) is 0 Å². The topological polar surface area (TPSA) is 35.5 Å². The number of aliphatic hydroxyl groups excluding tert-OH is 1. The van der Waals surface area contributed by atoms with Crippen LogP contribution in [0.1, 0.15) is 19.3 Å². The van der Waals surface area contributed by atoms with Gasteiger partial charge in [0, 0.05) is 19.1 Å². The van der Waals surface area contributed by atoms with Crippen LogP contribution >= 0.6 is 0 Å². The molecule has 1 saturated heterocycles. The first kappa shape index (κ1) is 8.48. The van der Waals surface area contributed by atoms with Crippen molar-refractivity contribution in [1.82, 2.24) is 10.2 Å². The molecule has 3 heteroatoms. The van der Waals surface area contributed by atoms with Gasteiger partial charge in [0.1, 0.15) is 0 Å². The summed E-state index contributed by atoms with van der Waals surface area (Å²) in [6.45, 7) is 4.50. The van der Waals surface area contributed by atoms with Gasteiger partial charge in [-0.25, -0.2) is 0 Å². The second-order valence-corrected chi connectivity index (χ2v) is 3.85. The zero-order valence-electron chi connectivity index (χ0n) is 7.50. The molecule has 2 N–H and O–H groups in total. The highest BCUT2D eigenvalue weighted by atomic mass is 16.3. The van der Waals surface area contributed by atoms with Gasteiger partial charge >= 0.3 is 0 Å². The molecule has 2 rings (SSSR count). The molecule has 3 nitrogen and oxygen atoms in total. The zero-order valence-corrected chi connectivity index (χ0v) is 7.50. The molecule has 12 heavy (non-hydrogen) atoms. The van der Waals surface area contributed by atoms with Crippen LogP contribution in [0.3, 0.4) is 0 Å². The first-order valence-corrected chi connectivity index (χ1v) is 5.01. The lowest BCUT2D eigenvalue weighted by Gasteiger charge is -2.41. The van der Waals surface area contributed by atoms with Crippen LogP contribution < -0.4 is 5.32 Å². The van der Waals surface area contributed by atoms with Gasteiger partial charge in [-0.15, -0.1) is 0 Å². The van der Waals surface area contributed by atoms with E-state index in [4.69, 9.17) is 0 Å².